The molecule has 138 valence electrons. The van der Waals surface area contributed by atoms with Crippen LogP contribution in [0.2, 0.25) is 0 Å². The summed E-state index contributed by atoms with van der Waals surface area (Å²) < 4.78 is 5.70. The van der Waals surface area contributed by atoms with Crippen LogP contribution >= 0.6 is 11.3 Å². The second-order valence-corrected chi connectivity index (χ2v) is 7.33. The van der Waals surface area contributed by atoms with Gasteiger partial charge in [-0.15, -0.1) is 11.3 Å². The predicted octanol–water partition coefficient (Wildman–Crippen LogP) is 2.04. The molecule has 1 aliphatic heterocycles. The van der Waals surface area contributed by atoms with Crippen LogP contribution in [0.25, 0.3) is 0 Å². The number of carbonyl (C=O) groups excluding carboxylic acids is 2. The monoisotopic (exact) mass is 374 g/mol. The molecule has 0 radical (unpaired) electrons. The van der Waals surface area contributed by atoms with E-state index in [1.54, 1.807) is 22.9 Å². The molecule has 2 amide bonds. The van der Waals surface area contributed by atoms with Gasteiger partial charge >= 0.3 is 0 Å². The molecule has 0 saturated carbocycles. The molecule has 0 spiro atoms. The average molecular weight is 374 g/mol. The Morgan fingerprint density at radius 1 is 1.15 bits per heavy atom. The molecule has 0 aliphatic carbocycles. The average Bonchev–Trinajstić information content (AvgIpc) is 3.01. The normalized spacial score (nSPS) is 14.4. The van der Waals surface area contributed by atoms with Gasteiger partial charge in [-0.2, -0.15) is 0 Å². The van der Waals surface area contributed by atoms with E-state index in [2.05, 4.69) is 9.97 Å². The first-order valence-electron chi connectivity index (χ1n) is 8.50. The highest BCUT2D eigenvalue weighted by atomic mass is 32.1. The highest BCUT2D eigenvalue weighted by Gasteiger charge is 2.26. The van der Waals surface area contributed by atoms with Crippen molar-refractivity contribution in [1.82, 2.24) is 19.8 Å². The lowest BCUT2D eigenvalue weighted by molar-refractivity contribution is -0.130. The lowest BCUT2D eigenvalue weighted by atomic mass is 10.2. The van der Waals surface area contributed by atoms with Crippen molar-refractivity contribution in [2.75, 3.05) is 26.2 Å². The number of pyridine rings is 1. The van der Waals surface area contributed by atoms with Crippen molar-refractivity contribution in [2.24, 2.45) is 0 Å². The van der Waals surface area contributed by atoms with Crippen LogP contribution in [0.5, 0.6) is 5.75 Å². The number of aromatic nitrogens is 2. The van der Waals surface area contributed by atoms with Crippen LogP contribution in [0.1, 0.15) is 33.0 Å². The third-order valence-corrected chi connectivity index (χ3v) is 5.41. The molecule has 26 heavy (non-hydrogen) atoms. The van der Waals surface area contributed by atoms with Gasteiger partial charge in [0.1, 0.15) is 22.2 Å². The van der Waals surface area contributed by atoms with E-state index in [9.17, 15) is 9.59 Å². The number of thiazole rings is 1. The minimum Gasteiger partial charge on any atom is -0.485 e. The number of aryl methyl sites for hydroxylation is 2. The zero-order chi connectivity index (χ0) is 18.7. The van der Waals surface area contributed by atoms with Crippen molar-refractivity contribution >= 4 is 23.2 Å². The SMILES string of the molecule is CC(=O)N1CCN(C(=O)c2sc(COc3ccc(C)nc3)nc2C)CC1. The second-order valence-electron chi connectivity index (χ2n) is 6.24. The molecule has 2 aromatic rings. The molecule has 7 nitrogen and oxygen atoms in total. The van der Waals surface area contributed by atoms with Crippen molar-refractivity contribution in [2.45, 2.75) is 27.4 Å². The molecule has 2 aromatic heterocycles. The molecular formula is C18H22N4O3S. The number of rotatable bonds is 4. The molecule has 3 rings (SSSR count). The molecule has 0 unspecified atom stereocenters. The lowest BCUT2D eigenvalue weighted by Crippen LogP contribution is -2.50. The molecule has 0 aromatic carbocycles. The minimum absolute atomic E-state index is 0.0218. The molecule has 3 heterocycles. The van der Waals surface area contributed by atoms with Gasteiger partial charge < -0.3 is 14.5 Å². The summed E-state index contributed by atoms with van der Waals surface area (Å²) in [6.45, 7) is 7.88. The Morgan fingerprint density at radius 3 is 2.46 bits per heavy atom. The van der Waals surface area contributed by atoms with Gasteiger partial charge in [0.05, 0.1) is 11.9 Å². The van der Waals surface area contributed by atoms with Crippen molar-refractivity contribution in [3.63, 3.8) is 0 Å². The van der Waals surface area contributed by atoms with E-state index in [0.29, 0.717) is 43.4 Å². The van der Waals surface area contributed by atoms with E-state index >= 15 is 0 Å². The molecule has 8 heteroatoms. The van der Waals surface area contributed by atoms with Crippen LogP contribution < -0.4 is 4.74 Å². The van der Waals surface area contributed by atoms with E-state index in [1.807, 2.05) is 26.0 Å². The number of piperazine rings is 1. The molecule has 1 aliphatic rings. The third kappa shape index (κ3) is 4.19. The Kier molecular flexibility index (Phi) is 5.51. The maximum Gasteiger partial charge on any atom is 0.265 e. The number of carbonyl (C=O) groups is 2. The Bertz CT molecular complexity index is 795. The number of amides is 2. The highest BCUT2D eigenvalue weighted by Crippen LogP contribution is 2.22. The Morgan fingerprint density at radius 2 is 1.85 bits per heavy atom. The van der Waals surface area contributed by atoms with E-state index in [1.165, 1.54) is 11.3 Å². The minimum atomic E-state index is -0.0218. The lowest BCUT2D eigenvalue weighted by Gasteiger charge is -2.34. The topological polar surface area (TPSA) is 75.6 Å². The van der Waals surface area contributed by atoms with Crippen molar-refractivity contribution < 1.29 is 14.3 Å². The third-order valence-electron chi connectivity index (χ3n) is 4.29. The summed E-state index contributed by atoms with van der Waals surface area (Å²) >= 11 is 1.36. The fourth-order valence-corrected chi connectivity index (χ4v) is 3.71. The zero-order valence-corrected chi connectivity index (χ0v) is 16.0. The number of nitrogens with zero attached hydrogens (tertiary/aromatic N) is 4. The molecule has 1 saturated heterocycles. The quantitative estimate of drug-likeness (QED) is 0.819. The van der Waals surface area contributed by atoms with Crippen LogP contribution in [0.4, 0.5) is 0 Å². The van der Waals surface area contributed by atoms with Crippen molar-refractivity contribution in [3.8, 4) is 5.75 Å². The summed E-state index contributed by atoms with van der Waals surface area (Å²) in [7, 11) is 0. The smallest absolute Gasteiger partial charge is 0.265 e. The maximum atomic E-state index is 12.8. The number of hydrogen-bond donors (Lipinski definition) is 0. The summed E-state index contributed by atoms with van der Waals surface area (Å²) in [6.07, 6.45) is 1.68. The van der Waals surface area contributed by atoms with Crippen LogP contribution in [0, 0.1) is 13.8 Å². The first-order valence-corrected chi connectivity index (χ1v) is 9.32. The van der Waals surface area contributed by atoms with E-state index in [-0.39, 0.29) is 11.8 Å². The number of hydrogen-bond acceptors (Lipinski definition) is 6. The van der Waals surface area contributed by atoms with Gasteiger partial charge in [-0.3, -0.25) is 14.6 Å². The van der Waals surface area contributed by atoms with Crippen LogP contribution in [-0.2, 0) is 11.4 Å². The highest BCUT2D eigenvalue weighted by molar-refractivity contribution is 7.13. The van der Waals surface area contributed by atoms with Crippen molar-refractivity contribution in [1.29, 1.82) is 0 Å². The van der Waals surface area contributed by atoms with Gasteiger partial charge in [0.25, 0.3) is 5.91 Å². The van der Waals surface area contributed by atoms with Gasteiger partial charge in [-0.1, -0.05) is 0 Å². The summed E-state index contributed by atoms with van der Waals surface area (Å²) in [6, 6.07) is 3.75. The van der Waals surface area contributed by atoms with Crippen molar-refractivity contribution in [3.05, 3.63) is 39.6 Å². The van der Waals surface area contributed by atoms with Crippen LogP contribution in [-0.4, -0.2) is 57.8 Å². The second kappa shape index (κ2) is 7.82. The van der Waals surface area contributed by atoms with Crippen LogP contribution in [0.15, 0.2) is 18.3 Å². The van der Waals surface area contributed by atoms with Gasteiger partial charge in [-0.05, 0) is 26.0 Å². The molecule has 0 bridgehead atoms. The Hall–Kier alpha value is -2.48. The summed E-state index contributed by atoms with van der Waals surface area (Å²) in [4.78, 5) is 37.0. The summed E-state index contributed by atoms with van der Waals surface area (Å²) in [5.74, 6) is 0.708. The molecular weight excluding hydrogens is 352 g/mol. The van der Waals surface area contributed by atoms with Gasteiger partial charge in [-0.25, -0.2) is 4.98 Å². The fraction of sp³-hybridized carbons (Fsp3) is 0.444. The summed E-state index contributed by atoms with van der Waals surface area (Å²) in [5, 5.41) is 0.758. The van der Waals surface area contributed by atoms with Gasteiger partial charge in [0, 0.05) is 38.8 Å². The maximum absolute atomic E-state index is 12.8. The van der Waals surface area contributed by atoms with Gasteiger partial charge in [0.15, 0.2) is 0 Å². The van der Waals surface area contributed by atoms with E-state index < -0.39 is 0 Å². The standard InChI is InChI=1S/C18H22N4O3S/c1-12-4-5-15(10-19-12)25-11-16-20-13(2)17(26-16)18(24)22-8-6-21(7-9-22)14(3)23/h4-5,10H,6-9,11H2,1-3H3. The summed E-state index contributed by atoms with van der Waals surface area (Å²) in [5.41, 5.74) is 1.65. The Labute approximate surface area is 156 Å². The molecule has 0 atom stereocenters. The van der Waals surface area contributed by atoms with E-state index in [0.717, 1.165) is 16.4 Å². The molecule has 0 N–H and O–H groups in total. The molecule has 1 fully saturated rings. The number of ether oxygens (including phenoxy) is 1. The zero-order valence-electron chi connectivity index (χ0n) is 15.2. The first-order chi connectivity index (χ1) is 12.4. The first kappa shape index (κ1) is 18.3. The predicted molar refractivity (Wildman–Crippen MR) is 98.3 cm³/mol. The van der Waals surface area contributed by atoms with E-state index in [4.69, 9.17) is 4.74 Å². The largest absolute Gasteiger partial charge is 0.485 e. The van der Waals surface area contributed by atoms with Gasteiger partial charge in [0.2, 0.25) is 5.91 Å². The van der Waals surface area contributed by atoms with Crippen LogP contribution in [0.3, 0.4) is 0 Å². The fourth-order valence-electron chi connectivity index (χ4n) is 2.77. The Balaban J connectivity index is 1.61.